The van der Waals surface area contributed by atoms with E-state index in [0.717, 1.165) is 26.2 Å². The summed E-state index contributed by atoms with van der Waals surface area (Å²) in [6, 6.07) is 10.2. The van der Waals surface area contributed by atoms with Crippen molar-refractivity contribution >= 4 is 17.5 Å². The summed E-state index contributed by atoms with van der Waals surface area (Å²) in [4.78, 5) is 27.9. The van der Waals surface area contributed by atoms with Crippen LogP contribution in [0.4, 0.5) is 5.69 Å². The quantitative estimate of drug-likeness (QED) is 0.642. The second-order valence-electron chi connectivity index (χ2n) is 5.63. The van der Waals surface area contributed by atoms with Crippen molar-refractivity contribution in [2.45, 2.75) is 13.3 Å². The molecule has 5 nitrogen and oxygen atoms in total. The minimum absolute atomic E-state index is 0.0976. The van der Waals surface area contributed by atoms with Crippen LogP contribution in [0, 0.1) is 0 Å². The molecule has 0 radical (unpaired) electrons. The summed E-state index contributed by atoms with van der Waals surface area (Å²) in [5.41, 5.74) is 1.20. The van der Waals surface area contributed by atoms with E-state index in [4.69, 9.17) is 0 Å². The normalized spacial score (nSPS) is 15.2. The fourth-order valence-electron chi connectivity index (χ4n) is 2.62. The van der Waals surface area contributed by atoms with Crippen molar-refractivity contribution in [2.24, 2.45) is 0 Å². The SMILES string of the molecule is C/C=C/C=C\C(=O)NCCC(=O)N1CCN(c2ccccc2)CC1. The molecule has 0 saturated carbocycles. The zero-order valence-corrected chi connectivity index (χ0v) is 14.1. The van der Waals surface area contributed by atoms with Gasteiger partial charge >= 0.3 is 0 Å². The lowest BCUT2D eigenvalue weighted by Gasteiger charge is -2.36. The summed E-state index contributed by atoms with van der Waals surface area (Å²) in [6.07, 6.45) is 7.12. The first-order chi connectivity index (χ1) is 11.7. The van der Waals surface area contributed by atoms with Crippen LogP contribution in [0.1, 0.15) is 13.3 Å². The number of benzene rings is 1. The summed E-state index contributed by atoms with van der Waals surface area (Å²) in [7, 11) is 0. The van der Waals surface area contributed by atoms with E-state index in [2.05, 4.69) is 22.3 Å². The number of hydrogen-bond donors (Lipinski definition) is 1. The van der Waals surface area contributed by atoms with Crippen LogP contribution < -0.4 is 10.2 Å². The fraction of sp³-hybridized carbons (Fsp3) is 0.368. The lowest BCUT2D eigenvalue weighted by atomic mass is 10.2. The number of carbonyl (C=O) groups is 2. The molecule has 1 fully saturated rings. The molecule has 1 saturated heterocycles. The third kappa shape index (κ3) is 5.57. The third-order valence-electron chi connectivity index (χ3n) is 3.94. The first-order valence-electron chi connectivity index (χ1n) is 8.35. The zero-order chi connectivity index (χ0) is 17.2. The zero-order valence-electron chi connectivity index (χ0n) is 14.1. The molecule has 0 unspecified atom stereocenters. The van der Waals surface area contributed by atoms with Crippen LogP contribution in [0.15, 0.2) is 54.6 Å². The highest BCUT2D eigenvalue weighted by Gasteiger charge is 2.20. The molecule has 1 aromatic carbocycles. The number of anilines is 1. The van der Waals surface area contributed by atoms with Crippen molar-refractivity contribution in [1.82, 2.24) is 10.2 Å². The Labute approximate surface area is 143 Å². The number of amides is 2. The van der Waals surface area contributed by atoms with Crippen LogP contribution in [0.2, 0.25) is 0 Å². The minimum Gasteiger partial charge on any atom is -0.368 e. The van der Waals surface area contributed by atoms with Crippen LogP contribution in [-0.4, -0.2) is 49.4 Å². The maximum absolute atomic E-state index is 12.2. The average molecular weight is 327 g/mol. The Hall–Kier alpha value is -2.56. The monoisotopic (exact) mass is 327 g/mol. The highest BCUT2D eigenvalue weighted by molar-refractivity contribution is 5.88. The number of carbonyl (C=O) groups excluding carboxylic acids is 2. The van der Waals surface area contributed by atoms with Gasteiger partial charge in [-0.1, -0.05) is 36.4 Å². The van der Waals surface area contributed by atoms with Crippen LogP contribution in [0.25, 0.3) is 0 Å². The van der Waals surface area contributed by atoms with Crippen molar-refractivity contribution in [3.05, 3.63) is 54.6 Å². The summed E-state index contributed by atoms with van der Waals surface area (Å²) in [5.74, 6) is -0.0738. The molecule has 0 bridgehead atoms. The lowest BCUT2D eigenvalue weighted by Crippen LogP contribution is -2.49. The van der Waals surface area contributed by atoms with Crippen molar-refractivity contribution < 1.29 is 9.59 Å². The lowest BCUT2D eigenvalue weighted by molar-refractivity contribution is -0.131. The van der Waals surface area contributed by atoms with Gasteiger partial charge in [0.15, 0.2) is 0 Å². The van der Waals surface area contributed by atoms with E-state index in [1.807, 2.05) is 36.1 Å². The summed E-state index contributed by atoms with van der Waals surface area (Å²) in [6.45, 7) is 5.39. The third-order valence-corrected chi connectivity index (χ3v) is 3.94. The summed E-state index contributed by atoms with van der Waals surface area (Å²) >= 11 is 0. The highest BCUT2D eigenvalue weighted by Crippen LogP contribution is 2.15. The molecule has 2 rings (SSSR count). The molecule has 1 aromatic rings. The fourth-order valence-corrected chi connectivity index (χ4v) is 2.62. The van der Waals surface area contributed by atoms with Gasteiger partial charge in [0.05, 0.1) is 0 Å². The maximum Gasteiger partial charge on any atom is 0.243 e. The van der Waals surface area contributed by atoms with E-state index in [0.29, 0.717) is 13.0 Å². The Morgan fingerprint density at radius 2 is 1.79 bits per heavy atom. The molecule has 5 heteroatoms. The first kappa shape index (κ1) is 17.8. The molecule has 0 aliphatic carbocycles. The van der Waals surface area contributed by atoms with Crippen molar-refractivity contribution in [1.29, 1.82) is 0 Å². The molecule has 128 valence electrons. The van der Waals surface area contributed by atoms with Gasteiger partial charge in [-0.2, -0.15) is 0 Å². The first-order valence-corrected chi connectivity index (χ1v) is 8.35. The van der Waals surface area contributed by atoms with Gasteiger partial charge in [0.1, 0.15) is 0 Å². The van der Waals surface area contributed by atoms with Crippen LogP contribution in [0.5, 0.6) is 0 Å². The van der Waals surface area contributed by atoms with Crippen LogP contribution in [-0.2, 0) is 9.59 Å². The molecule has 0 aromatic heterocycles. The Kier molecular flexibility index (Phi) is 7.08. The van der Waals surface area contributed by atoms with Crippen molar-refractivity contribution in [3.8, 4) is 0 Å². The topological polar surface area (TPSA) is 52.7 Å². The highest BCUT2D eigenvalue weighted by atomic mass is 16.2. The maximum atomic E-state index is 12.2. The Morgan fingerprint density at radius 1 is 1.08 bits per heavy atom. The van der Waals surface area contributed by atoms with E-state index in [9.17, 15) is 9.59 Å². The van der Waals surface area contributed by atoms with Gasteiger partial charge in [-0.25, -0.2) is 0 Å². The largest absolute Gasteiger partial charge is 0.368 e. The minimum atomic E-state index is -0.171. The molecular formula is C19H25N3O2. The van der Waals surface area contributed by atoms with E-state index in [-0.39, 0.29) is 11.8 Å². The second kappa shape index (κ2) is 9.55. The summed E-state index contributed by atoms with van der Waals surface area (Å²) < 4.78 is 0. The van der Waals surface area contributed by atoms with Crippen molar-refractivity contribution in [3.63, 3.8) is 0 Å². The Balaban J connectivity index is 1.68. The van der Waals surface area contributed by atoms with Gasteiger partial charge in [0, 0.05) is 50.9 Å². The predicted octanol–water partition coefficient (Wildman–Crippen LogP) is 1.97. The van der Waals surface area contributed by atoms with Gasteiger partial charge in [0.25, 0.3) is 0 Å². The number of para-hydroxylation sites is 1. The van der Waals surface area contributed by atoms with E-state index >= 15 is 0 Å². The van der Waals surface area contributed by atoms with Gasteiger partial charge in [0.2, 0.25) is 11.8 Å². The number of nitrogens with zero attached hydrogens (tertiary/aromatic N) is 2. The molecule has 2 amide bonds. The smallest absolute Gasteiger partial charge is 0.243 e. The van der Waals surface area contributed by atoms with E-state index in [1.165, 1.54) is 11.8 Å². The molecule has 1 heterocycles. The predicted molar refractivity (Wildman–Crippen MR) is 96.8 cm³/mol. The average Bonchev–Trinajstić information content (AvgIpc) is 2.63. The molecule has 1 N–H and O–H groups in total. The number of allylic oxidation sites excluding steroid dienone is 3. The number of rotatable bonds is 6. The summed E-state index contributed by atoms with van der Waals surface area (Å²) in [5, 5.41) is 2.73. The van der Waals surface area contributed by atoms with E-state index in [1.54, 1.807) is 12.2 Å². The van der Waals surface area contributed by atoms with Gasteiger partial charge in [-0.15, -0.1) is 0 Å². The number of piperazine rings is 1. The second-order valence-corrected chi connectivity index (χ2v) is 5.63. The van der Waals surface area contributed by atoms with Gasteiger partial charge < -0.3 is 15.1 Å². The number of hydrogen-bond acceptors (Lipinski definition) is 3. The molecule has 0 spiro atoms. The molecule has 1 aliphatic heterocycles. The Bertz CT molecular complexity index is 588. The van der Waals surface area contributed by atoms with Gasteiger partial charge in [-0.3, -0.25) is 9.59 Å². The standard InChI is InChI=1S/C19H25N3O2/c1-2-3-5-10-18(23)20-12-11-19(24)22-15-13-21(14-16-22)17-8-6-4-7-9-17/h2-10H,11-16H2,1H3,(H,20,23)/b3-2+,10-5-. The number of nitrogens with one attached hydrogen (secondary N) is 1. The van der Waals surface area contributed by atoms with E-state index < -0.39 is 0 Å². The van der Waals surface area contributed by atoms with Crippen LogP contribution in [0.3, 0.4) is 0 Å². The van der Waals surface area contributed by atoms with Gasteiger partial charge in [-0.05, 0) is 19.1 Å². The molecule has 24 heavy (non-hydrogen) atoms. The van der Waals surface area contributed by atoms with Crippen molar-refractivity contribution in [2.75, 3.05) is 37.6 Å². The Morgan fingerprint density at radius 3 is 2.46 bits per heavy atom. The molecule has 0 atom stereocenters. The molecular weight excluding hydrogens is 302 g/mol. The molecule has 1 aliphatic rings. The van der Waals surface area contributed by atoms with Crippen LogP contribution >= 0.6 is 0 Å².